The second kappa shape index (κ2) is 6.14. The molecule has 0 aliphatic heterocycles. The van der Waals surface area contributed by atoms with Crippen molar-refractivity contribution >= 4 is 23.9 Å². The van der Waals surface area contributed by atoms with E-state index in [1.54, 1.807) is 0 Å². The van der Waals surface area contributed by atoms with Crippen LogP contribution < -0.4 is 5.32 Å². The van der Waals surface area contributed by atoms with Gasteiger partial charge in [0.2, 0.25) is 5.95 Å². The van der Waals surface area contributed by atoms with Gasteiger partial charge in [0, 0.05) is 18.5 Å². The van der Waals surface area contributed by atoms with Gasteiger partial charge in [0.05, 0.1) is 18.0 Å². The van der Waals surface area contributed by atoms with E-state index in [2.05, 4.69) is 25.5 Å². The number of hydrogen-bond acceptors (Lipinski definition) is 6. The molecule has 0 saturated carbocycles. The first-order chi connectivity index (χ1) is 9.65. The molecule has 20 heavy (non-hydrogen) atoms. The van der Waals surface area contributed by atoms with Gasteiger partial charge in [0.25, 0.3) is 5.91 Å². The maximum absolute atomic E-state index is 11.9. The zero-order chi connectivity index (χ0) is 14.4. The molecule has 2 aromatic heterocycles. The Bertz CT molecular complexity index is 657. The highest BCUT2D eigenvalue weighted by Crippen LogP contribution is 2.07. The Balaban J connectivity index is 2.14. The van der Waals surface area contributed by atoms with Crippen LogP contribution in [0.3, 0.4) is 0 Å². The Kier molecular flexibility index (Phi) is 4.07. The smallest absolute Gasteiger partial charge is 0.328 e. The molecule has 2 aromatic rings. The lowest BCUT2D eigenvalue weighted by molar-refractivity contribution is -0.131. The number of rotatable bonds is 4. The third-order valence-electron chi connectivity index (χ3n) is 2.15. The van der Waals surface area contributed by atoms with Crippen molar-refractivity contribution in [2.24, 2.45) is 0 Å². The highest BCUT2D eigenvalue weighted by molar-refractivity contribution is 6.03. The van der Waals surface area contributed by atoms with Crippen molar-refractivity contribution in [3.8, 4) is 0 Å². The van der Waals surface area contributed by atoms with Crippen LogP contribution in [0.4, 0.5) is 5.95 Å². The highest BCUT2D eigenvalue weighted by Gasteiger charge is 2.08. The number of carboxylic acids is 1. The third kappa shape index (κ3) is 3.67. The predicted molar refractivity (Wildman–Crippen MR) is 68.7 cm³/mol. The zero-order valence-electron chi connectivity index (χ0n) is 10.1. The molecule has 0 spiro atoms. The summed E-state index contributed by atoms with van der Waals surface area (Å²) in [6, 6.07) is 1.50. The van der Waals surface area contributed by atoms with E-state index in [1.165, 1.54) is 36.9 Å². The van der Waals surface area contributed by atoms with Gasteiger partial charge >= 0.3 is 5.97 Å². The lowest BCUT2D eigenvalue weighted by Gasteiger charge is -2.02. The summed E-state index contributed by atoms with van der Waals surface area (Å²) in [5.41, 5.74) is 0.747. The van der Waals surface area contributed by atoms with Crippen LogP contribution in [0.1, 0.15) is 15.9 Å². The van der Waals surface area contributed by atoms with Crippen molar-refractivity contribution in [2.45, 2.75) is 0 Å². The van der Waals surface area contributed by atoms with Crippen molar-refractivity contribution in [1.82, 2.24) is 20.2 Å². The van der Waals surface area contributed by atoms with Gasteiger partial charge in [-0.05, 0) is 17.7 Å². The normalized spacial score (nSPS) is 10.4. The molecule has 0 aliphatic rings. The van der Waals surface area contributed by atoms with Crippen LogP contribution in [0.25, 0.3) is 6.08 Å². The molecule has 2 N–H and O–H groups in total. The van der Waals surface area contributed by atoms with E-state index in [0.717, 1.165) is 6.08 Å². The molecular formula is C12H9N5O3. The van der Waals surface area contributed by atoms with E-state index in [-0.39, 0.29) is 11.5 Å². The number of carboxylic acid groups (broad SMARTS) is 1. The van der Waals surface area contributed by atoms with Gasteiger partial charge in [-0.3, -0.25) is 15.1 Å². The van der Waals surface area contributed by atoms with Crippen LogP contribution >= 0.6 is 0 Å². The first-order valence-electron chi connectivity index (χ1n) is 5.46. The zero-order valence-corrected chi connectivity index (χ0v) is 10.1. The number of aromatic nitrogens is 4. The van der Waals surface area contributed by atoms with Crippen LogP contribution in [-0.2, 0) is 4.79 Å². The lowest BCUT2D eigenvalue weighted by Crippen LogP contribution is -2.14. The second-order valence-electron chi connectivity index (χ2n) is 3.60. The molecule has 2 heterocycles. The summed E-state index contributed by atoms with van der Waals surface area (Å²) >= 11 is 0. The van der Waals surface area contributed by atoms with Gasteiger partial charge in [-0.25, -0.2) is 9.78 Å². The maximum Gasteiger partial charge on any atom is 0.328 e. The number of aliphatic carboxylic acids is 1. The fourth-order valence-corrected chi connectivity index (χ4v) is 1.32. The summed E-state index contributed by atoms with van der Waals surface area (Å²) in [4.78, 5) is 30.0. The van der Waals surface area contributed by atoms with Crippen molar-refractivity contribution < 1.29 is 14.7 Å². The topological polar surface area (TPSA) is 118 Å². The van der Waals surface area contributed by atoms with E-state index in [9.17, 15) is 9.59 Å². The SMILES string of the molecule is O=C(O)/C=C/c1cncc(C(=O)Nc2nccnn2)c1. The van der Waals surface area contributed by atoms with Crippen LogP contribution in [0.5, 0.6) is 0 Å². The maximum atomic E-state index is 11.9. The van der Waals surface area contributed by atoms with Gasteiger partial charge in [-0.1, -0.05) is 0 Å². The Labute approximate surface area is 113 Å². The first-order valence-corrected chi connectivity index (χ1v) is 5.46. The summed E-state index contributed by atoms with van der Waals surface area (Å²) in [6.07, 6.45) is 7.87. The molecule has 0 bridgehead atoms. The van der Waals surface area contributed by atoms with Crippen molar-refractivity contribution in [2.75, 3.05) is 5.32 Å². The third-order valence-corrected chi connectivity index (χ3v) is 2.15. The molecule has 0 aromatic carbocycles. The molecule has 0 fully saturated rings. The minimum Gasteiger partial charge on any atom is -0.478 e. The summed E-state index contributed by atoms with van der Waals surface area (Å²) in [7, 11) is 0. The Morgan fingerprint density at radius 1 is 1.25 bits per heavy atom. The van der Waals surface area contributed by atoms with E-state index in [1.807, 2.05) is 0 Å². The number of anilines is 1. The van der Waals surface area contributed by atoms with Gasteiger partial charge < -0.3 is 5.11 Å². The van der Waals surface area contributed by atoms with Crippen LogP contribution in [0.15, 0.2) is 36.9 Å². The lowest BCUT2D eigenvalue weighted by atomic mass is 10.2. The molecule has 1 amide bonds. The molecule has 0 unspecified atom stereocenters. The highest BCUT2D eigenvalue weighted by atomic mass is 16.4. The van der Waals surface area contributed by atoms with E-state index >= 15 is 0 Å². The van der Waals surface area contributed by atoms with E-state index in [4.69, 9.17) is 5.11 Å². The Morgan fingerprint density at radius 3 is 2.80 bits per heavy atom. The van der Waals surface area contributed by atoms with Gasteiger partial charge in [0.1, 0.15) is 0 Å². The number of nitrogens with one attached hydrogen (secondary N) is 1. The molecule has 0 aliphatic carbocycles. The number of carbonyl (C=O) groups is 2. The van der Waals surface area contributed by atoms with E-state index < -0.39 is 11.9 Å². The van der Waals surface area contributed by atoms with Crippen LogP contribution in [-0.4, -0.2) is 37.1 Å². The Hall–Kier alpha value is -3.16. The van der Waals surface area contributed by atoms with Crippen LogP contribution in [0, 0.1) is 0 Å². The number of nitrogens with zero attached hydrogens (tertiary/aromatic N) is 4. The van der Waals surface area contributed by atoms with Gasteiger partial charge in [0.15, 0.2) is 0 Å². The second-order valence-corrected chi connectivity index (χ2v) is 3.60. The molecular weight excluding hydrogens is 262 g/mol. The average molecular weight is 271 g/mol. The molecule has 8 nitrogen and oxygen atoms in total. The minimum atomic E-state index is -1.08. The van der Waals surface area contributed by atoms with Crippen molar-refractivity contribution in [3.05, 3.63) is 48.1 Å². The van der Waals surface area contributed by atoms with Gasteiger partial charge in [-0.15, -0.1) is 5.10 Å². The molecule has 2 rings (SSSR count). The molecule has 8 heteroatoms. The summed E-state index contributed by atoms with van der Waals surface area (Å²) < 4.78 is 0. The molecule has 100 valence electrons. The summed E-state index contributed by atoms with van der Waals surface area (Å²) in [5.74, 6) is -1.47. The summed E-state index contributed by atoms with van der Waals surface area (Å²) in [6.45, 7) is 0. The Morgan fingerprint density at radius 2 is 2.10 bits per heavy atom. The molecule has 0 radical (unpaired) electrons. The first kappa shape index (κ1) is 13.3. The average Bonchev–Trinajstić information content (AvgIpc) is 2.46. The van der Waals surface area contributed by atoms with Crippen LogP contribution in [0.2, 0.25) is 0 Å². The number of carbonyl (C=O) groups excluding carboxylic acids is 1. The summed E-state index contributed by atoms with van der Waals surface area (Å²) in [5, 5.41) is 18.2. The monoisotopic (exact) mass is 271 g/mol. The standard InChI is InChI=1S/C12H9N5O3/c18-10(19)2-1-8-5-9(7-13-6-8)11(20)16-12-14-3-4-15-17-12/h1-7H,(H,18,19)(H,14,16,17,20)/b2-1+. The molecule has 0 atom stereocenters. The number of hydrogen-bond donors (Lipinski definition) is 2. The largest absolute Gasteiger partial charge is 0.478 e. The van der Waals surface area contributed by atoms with Crippen molar-refractivity contribution in [3.63, 3.8) is 0 Å². The minimum absolute atomic E-state index is 0.0731. The molecule has 0 saturated heterocycles. The fraction of sp³-hybridized carbons (Fsp3) is 0. The number of pyridine rings is 1. The van der Waals surface area contributed by atoms with Crippen molar-refractivity contribution in [1.29, 1.82) is 0 Å². The van der Waals surface area contributed by atoms with Gasteiger partial charge in [-0.2, -0.15) is 5.10 Å². The predicted octanol–water partition coefficient (Wildman–Crippen LogP) is 0.617. The quantitative estimate of drug-likeness (QED) is 0.782. The number of amides is 1. The van der Waals surface area contributed by atoms with E-state index in [0.29, 0.717) is 5.56 Å². The fourth-order valence-electron chi connectivity index (χ4n) is 1.32.